The van der Waals surface area contributed by atoms with Gasteiger partial charge in [0, 0.05) is 17.8 Å². The highest BCUT2D eigenvalue weighted by atomic mass is 16.5. The van der Waals surface area contributed by atoms with Crippen LogP contribution in [0.2, 0.25) is 0 Å². The van der Waals surface area contributed by atoms with Gasteiger partial charge in [0.1, 0.15) is 12.3 Å². The first kappa shape index (κ1) is 19.5. The number of aryl methyl sites for hydroxylation is 2. The summed E-state index contributed by atoms with van der Waals surface area (Å²) in [5.41, 5.74) is 1.81. The Balaban J connectivity index is 2.08. The lowest BCUT2D eigenvalue weighted by Gasteiger charge is -2.28. The van der Waals surface area contributed by atoms with Gasteiger partial charge in [-0.15, -0.1) is 0 Å². The number of carbonyl (C=O) groups excluding carboxylic acids is 2. The van der Waals surface area contributed by atoms with Crippen molar-refractivity contribution < 1.29 is 14.1 Å². The molecule has 0 saturated heterocycles. The van der Waals surface area contributed by atoms with Crippen LogP contribution in [0.25, 0.3) is 0 Å². The lowest BCUT2D eigenvalue weighted by Crippen LogP contribution is -2.45. The number of urea groups is 1. The molecule has 7 heteroatoms. The molecule has 2 aromatic rings. The average molecular weight is 358 g/mol. The Bertz CT molecular complexity index is 757. The normalized spacial score (nSPS) is 11.7. The van der Waals surface area contributed by atoms with Gasteiger partial charge in [0.2, 0.25) is 5.91 Å². The van der Waals surface area contributed by atoms with Crippen molar-refractivity contribution in [2.75, 3.05) is 17.2 Å². The smallest absolute Gasteiger partial charge is 0.322 e. The predicted octanol–water partition coefficient (Wildman–Crippen LogP) is 3.82. The first-order chi connectivity index (χ1) is 12.4. The molecule has 3 amide bonds. The number of amides is 3. The highest BCUT2D eigenvalue weighted by Crippen LogP contribution is 2.17. The summed E-state index contributed by atoms with van der Waals surface area (Å²) >= 11 is 0. The van der Waals surface area contributed by atoms with Crippen LogP contribution >= 0.6 is 0 Å². The summed E-state index contributed by atoms with van der Waals surface area (Å²) in [5, 5.41) is 9.31. The van der Waals surface area contributed by atoms with E-state index in [2.05, 4.69) is 15.8 Å². The topological polar surface area (TPSA) is 87.5 Å². The van der Waals surface area contributed by atoms with Crippen LogP contribution in [0, 0.1) is 6.92 Å². The van der Waals surface area contributed by atoms with Crippen molar-refractivity contribution in [3.05, 3.63) is 41.7 Å². The van der Waals surface area contributed by atoms with E-state index in [0.717, 1.165) is 24.1 Å². The summed E-state index contributed by atoms with van der Waals surface area (Å²) in [6.07, 6.45) is 1.55. The van der Waals surface area contributed by atoms with Gasteiger partial charge in [0.05, 0.1) is 0 Å². The van der Waals surface area contributed by atoms with Crippen LogP contribution in [0.3, 0.4) is 0 Å². The third-order valence-electron chi connectivity index (χ3n) is 4.23. The molecule has 0 fully saturated rings. The molecule has 0 bridgehead atoms. The first-order valence-electron chi connectivity index (χ1n) is 8.83. The van der Waals surface area contributed by atoms with Crippen LogP contribution in [0.4, 0.5) is 16.3 Å². The zero-order chi connectivity index (χ0) is 19.1. The Morgan fingerprint density at radius 1 is 1.23 bits per heavy atom. The number of hydrogen-bond donors (Lipinski definition) is 2. The van der Waals surface area contributed by atoms with Crippen LogP contribution in [0.1, 0.15) is 38.5 Å². The number of anilines is 2. The maximum absolute atomic E-state index is 12.8. The second kappa shape index (κ2) is 9.03. The van der Waals surface area contributed by atoms with Crippen LogP contribution in [-0.2, 0) is 11.2 Å². The molecule has 2 rings (SSSR count). The molecule has 1 atom stereocenters. The van der Waals surface area contributed by atoms with Crippen molar-refractivity contribution in [2.45, 2.75) is 46.6 Å². The number of benzene rings is 1. The molecule has 2 N–H and O–H groups in total. The van der Waals surface area contributed by atoms with E-state index in [4.69, 9.17) is 4.52 Å². The van der Waals surface area contributed by atoms with E-state index in [1.807, 2.05) is 45.0 Å². The van der Waals surface area contributed by atoms with Gasteiger partial charge in [-0.1, -0.05) is 37.2 Å². The van der Waals surface area contributed by atoms with Crippen LogP contribution < -0.4 is 10.6 Å². The monoisotopic (exact) mass is 358 g/mol. The standard InChI is InChI=1S/C19H26N4O3/c1-5-13(3)23(12-18(24)21-17-11-14(4)26-22-17)19(25)20-16-10-8-7-9-15(16)6-2/h7-11,13H,5-6,12H2,1-4H3,(H,20,25)(H,21,22,24). The summed E-state index contributed by atoms with van der Waals surface area (Å²) in [5.74, 6) is 0.624. The quantitative estimate of drug-likeness (QED) is 0.788. The summed E-state index contributed by atoms with van der Waals surface area (Å²) in [6, 6.07) is 8.90. The second-order valence-corrected chi connectivity index (χ2v) is 6.20. The van der Waals surface area contributed by atoms with Gasteiger partial charge in [-0.25, -0.2) is 4.79 Å². The highest BCUT2D eigenvalue weighted by molar-refractivity contribution is 5.97. The predicted molar refractivity (Wildman–Crippen MR) is 101 cm³/mol. The van der Waals surface area contributed by atoms with Crippen LogP contribution in [0.15, 0.2) is 34.9 Å². The molecule has 0 spiro atoms. The molecule has 1 aromatic heterocycles. The molecule has 0 saturated carbocycles. The molecule has 1 aromatic carbocycles. The molecule has 0 aliphatic carbocycles. The number of aromatic nitrogens is 1. The molecule has 0 aliphatic heterocycles. The van der Waals surface area contributed by atoms with E-state index in [9.17, 15) is 9.59 Å². The van der Waals surface area contributed by atoms with Crippen molar-refractivity contribution >= 4 is 23.4 Å². The first-order valence-corrected chi connectivity index (χ1v) is 8.83. The molecule has 1 unspecified atom stereocenters. The number of nitrogens with one attached hydrogen (secondary N) is 2. The minimum absolute atomic E-state index is 0.0684. The Morgan fingerprint density at radius 3 is 2.58 bits per heavy atom. The minimum Gasteiger partial charge on any atom is -0.360 e. The maximum atomic E-state index is 12.8. The Labute approximate surface area is 153 Å². The molecular formula is C19H26N4O3. The number of hydrogen-bond acceptors (Lipinski definition) is 4. The number of nitrogens with zero attached hydrogens (tertiary/aromatic N) is 2. The number of rotatable bonds is 7. The van der Waals surface area contributed by atoms with Gasteiger partial charge in [0.25, 0.3) is 0 Å². The molecule has 0 aliphatic rings. The van der Waals surface area contributed by atoms with E-state index >= 15 is 0 Å². The molecule has 7 nitrogen and oxygen atoms in total. The number of carbonyl (C=O) groups is 2. The fourth-order valence-electron chi connectivity index (χ4n) is 2.55. The van der Waals surface area contributed by atoms with E-state index in [1.165, 1.54) is 4.90 Å². The van der Waals surface area contributed by atoms with Crippen molar-refractivity contribution in [3.63, 3.8) is 0 Å². The van der Waals surface area contributed by atoms with Crippen LogP contribution in [0.5, 0.6) is 0 Å². The van der Waals surface area contributed by atoms with E-state index in [1.54, 1.807) is 13.0 Å². The fourth-order valence-corrected chi connectivity index (χ4v) is 2.55. The van der Waals surface area contributed by atoms with Crippen molar-refractivity contribution in [1.82, 2.24) is 10.1 Å². The second-order valence-electron chi connectivity index (χ2n) is 6.20. The Hall–Kier alpha value is -2.83. The third kappa shape index (κ3) is 5.08. The maximum Gasteiger partial charge on any atom is 0.322 e. The molecular weight excluding hydrogens is 332 g/mol. The van der Waals surface area contributed by atoms with Gasteiger partial charge < -0.3 is 20.1 Å². The van der Waals surface area contributed by atoms with Gasteiger partial charge >= 0.3 is 6.03 Å². The van der Waals surface area contributed by atoms with E-state index in [-0.39, 0.29) is 24.5 Å². The average Bonchev–Trinajstić information content (AvgIpc) is 3.04. The molecule has 26 heavy (non-hydrogen) atoms. The zero-order valence-electron chi connectivity index (χ0n) is 15.7. The SMILES string of the molecule is CCc1ccccc1NC(=O)N(CC(=O)Nc1cc(C)on1)C(C)CC. The summed E-state index contributed by atoms with van der Waals surface area (Å²) in [4.78, 5) is 26.6. The zero-order valence-corrected chi connectivity index (χ0v) is 15.7. The summed E-state index contributed by atoms with van der Waals surface area (Å²) in [7, 11) is 0. The lowest BCUT2D eigenvalue weighted by atomic mass is 10.1. The minimum atomic E-state index is -0.322. The molecule has 0 radical (unpaired) electrons. The largest absolute Gasteiger partial charge is 0.360 e. The van der Waals surface area contributed by atoms with Gasteiger partial charge in [-0.2, -0.15) is 0 Å². The summed E-state index contributed by atoms with van der Waals surface area (Å²) in [6.45, 7) is 7.60. The molecule has 140 valence electrons. The van der Waals surface area contributed by atoms with Crippen molar-refractivity contribution in [2.24, 2.45) is 0 Å². The van der Waals surface area contributed by atoms with Gasteiger partial charge in [-0.3, -0.25) is 4.79 Å². The lowest BCUT2D eigenvalue weighted by molar-refractivity contribution is -0.117. The van der Waals surface area contributed by atoms with Gasteiger partial charge in [-0.05, 0) is 38.3 Å². The fraction of sp³-hybridized carbons (Fsp3) is 0.421. The number of para-hydroxylation sites is 1. The third-order valence-corrected chi connectivity index (χ3v) is 4.23. The van der Waals surface area contributed by atoms with Crippen molar-refractivity contribution in [3.8, 4) is 0 Å². The van der Waals surface area contributed by atoms with Crippen LogP contribution in [-0.4, -0.2) is 34.6 Å². The van der Waals surface area contributed by atoms with E-state index < -0.39 is 0 Å². The van der Waals surface area contributed by atoms with Gasteiger partial charge in [0.15, 0.2) is 5.82 Å². The van der Waals surface area contributed by atoms with Crippen molar-refractivity contribution in [1.29, 1.82) is 0 Å². The Kier molecular flexibility index (Phi) is 6.77. The van der Waals surface area contributed by atoms with E-state index in [0.29, 0.717) is 11.6 Å². The molecule has 1 heterocycles. The Morgan fingerprint density at radius 2 is 1.96 bits per heavy atom. The summed E-state index contributed by atoms with van der Waals surface area (Å²) < 4.78 is 4.93. The highest BCUT2D eigenvalue weighted by Gasteiger charge is 2.23.